The Labute approximate surface area is 179 Å². The Morgan fingerprint density at radius 1 is 1.25 bits per heavy atom. The smallest absolute Gasteiger partial charge is 0.418 e. The quantitative estimate of drug-likeness (QED) is 0.540. The Morgan fingerprint density at radius 2 is 2.06 bits per heavy atom. The average molecular weight is 448 g/mol. The van der Waals surface area contributed by atoms with Crippen molar-refractivity contribution in [3.05, 3.63) is 36.2 Å². The van der Waals surface area contributed by atoms with Gasteiger partial charge in [-0.2, -0.15) is 13.2 Å². The molecule has 1 unspecified atom stereocenters. The lowest BCUT2D eigenvalue weighted by molar-refractivity contribution is -0.139. The van der Waals surface area contributed by atoms with Crippen molar-refractivity contribution in [2.75, 3.05) is 25.0 Å². The van der Waals surface area contributed by atoms with Gasteiger partial charge >= 0.3 is 12.1 Å². The fourth-order valence-corrected chi connectivity index (χ4v) is 3.75. The summed E-state index contributed by atoms with van der Waals surface area (Å²) in [6, 6.07) is 3.81. The number of aliphatic carboxylic acids is 1. The molecule has 1 aliphatic heterocycles. The summed E-state index contributed by atoms with van der Waals surface area (Å²) < 4.78 is 38.7. The Kier molecular flexibility index (Phi) is 5.78. The van der Waals surface area contributed by atoms with Crippen LogP contribution in [0.15, 0.2) is 30.6 Å². The first-order valence-electron chi connectivity index (χ1n) is 9.81. The number of aromatic hydroxyl groups is 1. The molecule has 0 saturated carbocycles. The van der Waals surface area contributed by atoms with Crippen LogP contribution in [0.25, 0.3) is 22.3 Å². The highest BCUT2D eigenvalue weighted by atomic mass is 19.4. The molecule has 168 valence electrons. The van der Waals surface area contributed by atoms with Crippen LogP contribution in [0.2, 0.25) is 0 Å². The molecule has 1 saturated heterocycles. The van der Waals surface area contributed by atoms with E-state index in [-0.39, 0.29) is 24.0 Å². The number of carboxylic acid groups (broad SMARTS) is 1. The summed E-state index contributed by atoms with van der Waals surface area (Å²) in [5.41, 5.74) is -0.703. The third-order valence-electron chi connectivity index (χ3n) is 5.16. The van der Waals surface area contributed by atoms with Gasteiger partial charge in [0.25, 0.3) is 0 Å². The van der Waals surface area contributed by atoms with Crippen LogP contribution in [-0.4, -0.2) is 66.9 Å². The maximum absolute atomic E-state index is 12.9. The van der Waals surface area contributed by atoms with Gasteiger partial charge < -0.3 is 15.5 Å². The Balaban J connectivity index is 1.66. The predicted molar refractivity (Wildman–Crippen MR) is 108 cm³/mol. The maximum Gasteiger partial charge on any atom is 0.418 e. The lowest BCUT2D eigenvalue weighted by Gasteiger charge is -2.32. The molecule has 0 radical (unpaired) electrons. The van der Waals surface area contributed by atoms with E-state index in [4.69, 9.17) is 5.11 Å². The molecule has 0 spiro atoms. The molecule has 3 N–H and O–H groups in total. The van der Waals surface area contributed by atoms with Gasteiger partial charge in [-0.15, -0.1) is 10.2 Å². The van der Waals surface area contributed by atoms with Crippen molar-refractivity contribution in [1.82, 2.24) is 25.1 Å². The van der Waals surface area contributed by atoms with Gasteiger partial charge in [0.1, 0.15) is 22.7 Å². The van der Waals surface area contributed by atoms with Gasteiger partial charge in [0.15, 0.2) is 5.82 Å². The highest BCUT2D eigenvalue weighted by molar-refractivity contribution is 5.97. The minimum atomic E-state index is -4.64. The molecule has 9 nitrogen and oxygen atoms in total. The summed E-state index contributed by atoms with van der Waals surface area (Å²) >= 11 is 0. The van der Waals surface area contributed by atoms with E-state index in [1.807, 2.05) is 4.90 Å². The van der Waals surface area contributed by atoms with E-state index >= 15 is 0 Å². The number of rotatable bonds is 5. The SMILES string of the molecule is O=C(O)CN1CCCC(Nc2nnc(-c3ncc(C(F)(F)F)cc3O)c3cccnc23)C1. The van der Waals surface area contributed by atoms with Crippen LogP contribution in [-0.2, 0) is 11.0 Å². The van der Waals surface area contributed by atoms with E-state index in [0.717, 1.165) is 12.8 Å². The van der Waals surface area contributed by atoms with Crippen molar-refractivity contribution in [1.29, 1.82) is 0 Å². The summed E-state index contributed by atoms with van der Waals surface area (Å²) in [4.78, 5) is 20.9. The molecule has 3 aromatic heterocycles. The van der Waals surface area contributed by atoms with E-state index in [2.05, 4.69) is 25.5 Å². The second-order valence-corrected chi connectivity index (χ2v) is 7.50. The molecule has 0 aliphatic carbocycles. The number of carboxylic acids is 1. The molecule has 1 aliphatic rings. The lowest BCUT2D eigenvalue weighted by Crippen LogP contribution is -2.44. The zero-order valence-corrected chi connectivity index (χ0v) is 16.7. The number of anilines is 1. The van der Waals surface area contributed by atoms with Crippen LogP contribution in [0, 0.1) is 0 Å². The number of nitrogens with one attached hydrogen (secondary N) is 1. The van der Waals surface area contributed by atoms with E-state index in [0.29, 0.717) is 42.1 Å². The Morgan fingerprint density at radius 3 is 2.78 bits per heavy atom. The Hall–Kier alpha value is -3.54. The molecule has 32 heavy (non-hydrogen) atoms. The van der Waals surface area contributed by atoms with E-state index in [1.165, 1.54) is 6.20 Å². The zero-order valence-electron chi connectivity index (χ0n) is 16.7. The summed E-state index contributed by atoms with van der Waals surface area (Å²) in [7, 11) is 0. The van der Waals surface area contributed by atoms with Gasteiger partial charge in [-0.25, -0.2) is 4.98 Å². The van der Waals surface area contributed by atoms with Crippen LogP contribution in [0.3, 0.4) is 0 Å². The Bertz CT molecular complexity index is 1160. The van der Waals surface area contributed by atoms with Gasteiger partial charge in [-0.3, -0.25) is 14.7 Å². The molecule has 4 heterocycles. The molecular weight excluding hydrogens is 429 g/mol. The van der Waals surface area contributed by atoms with E-state index < -0.39 is 23.5 Å². The molecule has 0 aromatic carbocycles. The molecule has 1 fully saturated rings. The first-order chi connectivity index (χ1) is 15.2. The summed E-state index contributed by atoms with van der Waals surface area (Å²) in [6.45, 7) is 1.14. The normalized spacial score (nSPS) is 17.4. The standard InChI is InChI=1S/C20H19F3N6O3/c21-20(22,23)11-7-14(30)18(25-8-11)16-13-4-1-5-24-17(13)19(28-27-16)26-12-3-2-6-29(9-12)10-15(31)32/h1,4-5,7-8,12,30H,2-3,6,9-10H2,(H,26,28)(H,31,32). The first kappa shape index (κ1) is 21.7. The largest absolute Gasteiger partial charge is 0.506 e. The summed E-state index contributed by atoms with van der Waals surface area (Å²) in [6.07, 6.45) is -0.859. The predicted octanol–water partition coefficient (Wildman–Crippen LogP) is 2.77. The van der Waals surface area contributed by atoms with E-state index in [1.54, 1.807) is 12.1 Å². The number of pyridine rings is 2. The average Bonchev–Trinajstić information content (AvgIpc) is 2.73. The van der Waals surface area contributed by atoms with Crippen molar-refractivity contribution >= 4 is 22.7 Å². The molecular formula is C20H19F3N6O3. The number of piperidine rings is 1. The molecule has 0 bridgehead atoms. The number of hydrogen-bond donors (Lipinski definition) is 3. The van der Waals surface area contributed by atoms with Crippen LogP contribution >= 0.6 is 0 Å². The number of fused-ring (bicyclic) bond motifs is 1. The van der Waals surface area contributed by atoms with Crippen molar-refractivity contribution in [3.8, 4) is 17.1 Å². The topological polar surface area (TPSA) is 124 Å². The number of halogens is 3. The summed E-state index contributed by atoms with van der Waals surface area (Å²) in [5.74, 6) is -1.21. The van der Waals surface area contributed by atoms with Crippen molar-refractivity contribution in [2.24, 2.45) is 0 Å². The minimum absolute atomic E-state index is 0.0549. The summed E-state index contributed by atoms with van der Waals surface area (Å²) in [5, 5.41) is 31.1. The number of aromatic nitrogens is 4. The minimum Gasteiger partial charge on any atom is -0.506 e. The number of likely N-dealkylation sites (tertiary alicyclic amines) is 1. The monoisotopic (exact) mass is 448 g/mol. The van der Waals surface area contributed by atoms with Crippen LogP contribution in [0.5, 0.6) is 5.75 Å². The number of carbonyl (C=O) groups is 1. The third kappa shape index (κ3) is 4.54. The van der Waals surface area contributed by atoms with Gasteiger partial charge in [-0.1, -0.05) is 0 Å². The van der Waals surface area contributed by atoms with Crippen LogP contribution in [0.1, 0.15) is 18.4 Å². The molecule has 1 atom stereocenters. The molecule has 3 aromatic rings. The fourth-order valence-electron chi connectivity index (χ4n) is 3.75. The number of hydrogen-bond acceptors (Lipinski definition) is 8. The van der Waals surface area contributed by atoms with Crippen LogP contribution in [0.4, 0.5) is 19.0 Å². The molecule has 0 amide bonds. The second-order valence-electron chi connectivity index (χ2n) is 7.50. The van der Waals surface area contributed by atoms with Crippen molar-refractivity contribution in [3.63, 3.8) is 0 Å². The maximum atomic E-state index is 12.9. The van der Waals surface area contributed by atoms with Gasteiger partial charge in [0.2, 0.25) is 0 Å². The highest BCUT2D eigenvalue weighted by Crippen LogP contribution is 2.36. The van der Waals surface area contributed by atoms with Crippen molar-refractivity contribution in [2.45, 2.75) is 25.1 Å². The molecule has 4 rings (SSSR count). The van der Waals surface area contributed by atoms with Gasteiger partial charge in [0, 0.05) is 30.4 Å². The third-order valence-corrected chi connectivity index (χ3v) is 5.16. The van der Waals surface area contributed by atoms with Crippen LogP contribution < -0.4 is 5.32 Å². The van der Waals surface area contributed by atoms with Crippen molar-refractivity contribution < 1.29 is 28.2 Å². The van der Waals surface area contributed by atoms with E-state index in [9.17, 15) is 23.1 Å². The number of nitrogens with zero attached hydrogens (tertiary/aromatic N) is 5. The molecule has 12 heteroatoms. The zero-order chi connectivity index (χ0) is 22.9. The highest BCUT2D eigenvalue weighted by Gasteiger charge is 2.32. The van der Waals surface area contributed by atoms with Gasteiger partial charge in [0.05, 0.1) is 12.1 Å². The second kappa shape index (κ2) is 8.54. The fraction of sp³-hybridized carbons (Fsp3) is 0.350. The lowest BCUT2D eigenvalue weighted by atomic mass is 10.1. The first-order valence-corrected chi connectivity index (χ1v) is 9.81. The van der Waals surface area contributed by atoms with Gasteiger partial charge in [-0.05, 0) is 37.6 Å². The number of alkyl halides is 3.